The summed E-state index contributed by atoms with van der Waals surface area (Å²) in [5.74, 6) is 1.21. The third-order valence-electron chi connectivity index (χ3n) is 3.90. The fraction of sp³-hybridized carbons (Fsp3) is 0.667. The van der Waals surface area contributed by atoms with E-state index in [2.05, 4.69) is 4.98 Å². The van der Waals surface area contributed by atoms with E-state index in [1.54, 1.807) is 17.0 Å². The molecule has 1 aromatic rings. The first-order valence-electron chi connectivity index (χ1n) is 6.23. The Morgan fingerprint density at radius 1 is 1.53 bits per heavy atom. The van der Waals surface area contributed by atoms with Crippen molar-refractivity contribution in [3.8, 4) is 0 Å². The molecule has 0 aromatic carbocycles. The highest BCUT2D eigenvalue weighted by molar-refractivity contribution is 5.43. The molecule has 2 N–H and O–H groups in total. The fourth-order valence-corrected chi connectivity index (χ4v) is 2.63. The van der Waals surface area contributed by atoms with E-state index in [4.69, 9.17) is 5.73 Å². The number of aryl methyl sites for hydroxylation is 1. The van der Waals surface area contributed by atoms with Crippen LogP contribution in [0.5, 0.6) is 0 Å². The molecule has 2 heterocycles. The van der Waals surface area contributed by atoms with Gasteiger partial charge in [-0.05, 0) is 25.7 Å². The van der Waals surface area contributed by atoms with Gasteiger partial charge in [-0.15, -0.1) is 0 Å². The molecule has 1 aliphatic carbocycles. The Morgan fingerprint density at radius 3 is 2.82 bits per heavy atom. The molecule has 2 fully saturated rings. The Hall–Kier alpha value is -1.36. The van der Waals surface area contributed by atoms with Gasteiger partial charge in [0, 0.05) is 32.0 Å². The maximum atomic E-state index is 12.0. The Labute approximate surface area is 100 Å². The number of nitrogens with zero attached hydrogens (tertiary/aromatic N) is 3. The predicted molar refractivity (Wildman–Crippen MR) is 66.0 cm³/mol. The lowest BCUT2D eigenvalue weighted by Gasteiger charge is -2.48. The Morgan fingerprint density at radius 2 is 2.24 bits per heavy atom. The van der Waals surface area contributed by atoms with Crippen molar-refractivity contribution < 1.29 is 0 Å². The van der Waals surface area contributed by atoms with Gasteiger partial charge in [-0.1, -0.05) is 0 Å². The molecule has 2 aliphatic rings. The number of hydrogen-bond acceptors (Lipinski definition) is 4. The first-order valence-corrected chi connectivity index (χ1v) is 6.23. The van der Waals surface area contributed by atoms with Gasteiger partial charge >= 0.3 is 0 Å². The molecule has 0 radical (unpaired) electrons. The Kier molecular flexibility index (Phi) is 2.26. The van der Waals surface area contributed by atoms with Crippen molar-refractivity contribution in [1.29, 1.82) is 0 Å². The topological polar surface area (TPSA) is 64.2 Å². The van der Waals surface area contributed by atoms with E-state index in [1.165, 1.54) is 12.8 Å². The van der Waals surface area contributed by atoms with Crippen LogP contribution in [0.2, 0.25) is 0 Å². The number of anilines is 1. The molecule has 17 heavy (non-hydrogen) atoms. The zero-order valence-corrected chi connectivity index (χ0v) is 10.1. The quantitative estimate of drug-likeness (QED) is 0.811. The van der Waals surface area contributed by atoms with Crippen molar-refractivity contribution in [3.05, 3.63) is 22.7 Å². The van der Waals surface area contributed by atoms with Crippen molar-refractivity contribution in [1.82, 2.24) is 9.55 Å². The van der Waals surface area contributed by atoms with Crippen molar-refractivity contribution >= 4 is 5.82 Å². The average Bonchev–Trinajstić information content (AvgIpc) is 3.09. The highest BCUT2D eigenvalue weighted by atomic mass is 16.1. The molecule has 0 atom stereocenters. The zero-order valence-electron chi connectivity index (χ0n) is 10.1. The smallest absolute Gasteiger partial charge is 0.293 e. The fourth-order valence-electron chi connectivity index (χ4n) is 2.63. The second-order valence-corrected chi connectivity index (χ2v) is 5.21. The van der Waals surface area contributed by atoms with Crippen molar-refractivity contribution in [2.45, 2.75) is 31.8 Å². The monoisotopic (exact) mass is 234 g/mol. The van der Waals surface area contributed by atoms with Crippen LogP contribution in [-0.4, -0.2) is 28.2 Å². The van der Waals surface area contributed by atoms with E-state index >= 15 is 0 Å². The predicted octanol–water partition coefficient (Wildman–Crippen LogP) is 0.191. The SMILES string of the molecule is CCn1ccnc(N2CC(N)(C3CC3)C2)c1=O. The minimum absolute atomic E-state index is 0.00662. The van der Waals surface area contributed by atoms with E-state index in [1.807, 2.05) is 11.8 Å². The molecule has 1 saturated heterocycles. The number of nitrogens with two attached hydrogens (primary N) is 1. The molecule has 1 aromatic heterocycles. The summed E-state index contributed by atoms with van der Waals surface area (Å²) in [6.45, 7) is 4.18. The summed E-state index contributed by atoms with van der Waals surface area (Å²) in [5.41, 5.74) is 6.20. The molecular weight excluding hydrogens is 216 g/mol. The summed E-state index contributed by atoms with van der Waals surface area (Å²) in [4.78, 5) is 18.2. The van der Waals surface area contributed by atoms with Crippen LogP contribution in [0.15, 0.2) is 17.2 Å². The maximum Gasteiger partial charge on any atom is 0.293 e. The average molecular weight is 234 g/mol. The summed E-state index contributed by atoms with van der Waals surface area (Å²) in [6, 6.07) is 0. The van der Waals surface area contributed by atoms with Gasteiger partial charge in [0.15, 0.2) is 5.82 Å². The number of aromatic nitrogens is 2. The van der Waals surface area contributed by atoms with Gasteiger partial charge in [0.2, 0.25) is 0 Å². The molecule has 5 heteroatoms. The second kappa shape index (κ2) is 3.57. The van der Waals surface area contributed by atoms with Crippen molar-refractivity contribution in [3.63, 3.8) is 0 Å². The Bertz CT molecular complexity index is 486. The van der Waals surface area contributed by atoms with Gasteiger partial charge in [0.25, 0.3) is 5.56 Å². The van der Waals surface area contributed by atoms with E-state index in [0.717, 1.165) is 13.1 Å². The minimum Gasteiger partial charge on any atom is -0.348 e. The summed E-state index contributed by atoms with van der Waals surface area (Å²) in [6.07, 6.45) is 5.90. The van der Waals surface area contributed by atoms with Gasteiger partial charge in [-0.2, -0.15) is 0 Å². The van der Waals surface area contributed by atoms with Crippen molar-refractivity contribution in [2.75, 3.05) is 18.0 Å². The van der Waals surface area contributed by atoms with Gasteiger partial charge in [-0.3, -0.25) is 4.79 Å². The molecule has 1 aliphatic heterocycles. The molecule has 0 unspecified atom stereocenters. The van der Waals surface area contributed by atoms with E-state index in [0.29, 0.717) is 18.3 Å². The summed E-state index contributed by atoms with van der Waals surface area (Å²) < 4.78 is 1.68. The molecule has 3 rings (SSSR count). The molecule has 0 bridgehead atoms. The molecule has 0 spiro atoms. The van der Waals surface area contributed by atoms with Crippen LogP contribution in [0.4, 0.5) is 5.82 Å². The number of hydrogen-bond donors (Lipinski definition) is 1. The van der Waals surface area contributed by atoms with Gasteiger partial charge < -0.3 is 15.2 Å². The molecule has 1 saturated carbocycles. The highest BCUT2D eigenvalue weighted by Gasteiger charge is 2.51. The Balaban J connectivity index is 1.80. The third-order valence-corrected chi connectivity index (χ3v) is 3.90. The van der Waals surface area contributed by atoms with Gasteiger partial charge in [-0.25, -0.2) is 4.98 Å². The summed E-state index contributed by atoms with van der Waals surface area (Å²) in [7, 11) is 0. The maximum absolute atomic E-state index is 12.0. The van der Waals surface area contributed by atoms with Crippen LogP contribution in [0.25, 0.3) is 0 Å². The van der Waals surface area contributed by atoms with Crippen LogP contribution in [0.3, 0.4) is 0 Å². The highest BCUT2D eigenvalue weighted by Crippen LogP contribution is 2.43. The van der Waals surface area contributed by atoms with Crippen LogP contribution in [-0.2, 0) is 6.54 Å². The summed E-state index contributed by atoms with van der Waals surface area (Å²) in [5, 5.41) is 0. The summed E-state index contributed by atoms with van der Waals surface area (Å²) >= 11 is 0. The lowest BCUT2D eigenvalue weighted by molar-refractivity contribution is 0.288. The van der Waals surface area contributed by atoms with Crippen LogP contribution in [0.1, 0.15) is 19.8 Å². The molecule has 5 nitrogen and oxygen atoms in total. The minimum atomic E-state index is -0.0684. The molecular formula is C12H18N4O. The van der Waals surface area contributed by atoms with Crippen molar-refractivity contribution in [2.24, 2.45) is 11.7 Å². The lowest BCUT2D eigenvalue weighted by Crippen LogP contribution is -2.69. The van der Waals surface area contributed by atoms with E-state index < -0.39 is 0 Å². The van der Waals surface area contributed by atoms with Crippen LogP contribution < -0.4 is 16.2 Å². The molecule has 0 amide bonds. The van der Waals surface area contributed by atoms with E-state index in [9.17, 15) is 4.79 Å². The van der Waals surface area contributed by atoms with Crippen LogP contribution >= 0.6 is 0 Å². The van der Waals surface area contributed by atoms with Gasteiger partial charge in [0.05, 0.1) is 5.54 Å². The van der Waals surface area contributed by atoms with E-state index in [-0.39, 0.29) is 11.1 Å². The second-order valence-electron chi connectivity index (χ2n) is 5.21. The standard InChI is InChI=1S/C12H18N4O/c1-2-15-6-5-14-10(11(15)17)16-7-12(13,8-16)9-3-4-9/h5-6,9H,2-4,7-8,13H2,1H3. The zero-order chi connectivity index (χ0) is 12.0. The first-order chi connectivity index (χ1) is 8.14. The lowest BCUT2D eigenvalue weighted by atomic mass is 9.86. The first kappa shape index (κ1) is 10.8. The number of rotatable bonds is 3. The van der Waals surface area contributed by atoms with Gasteiger partial charge in [0.1, 0.15) is 0 Å². The van der Waals surface area contributed by atoms with Crippen LogP contribution in [0, 0.1) is 5.92 Å². The largest absolute Gasteiger partial charge is 0.348 e. The third kappa shape index (κ3) is 1.65. The molecule has 92 valence electrons. The normalized spacial score (nSPS) is 22.4.